The molecule has 1 amide bonds. The van der Waals surface area contributed by atoms with Gasteiger partial charge in [-0.1, -0.05) is 31.2 Å². The average Bonchev–Trinajstić information content (AvgIpc) is 2.39. The Hall–Kier alpha value is -1.39. The molecule has 0 atom stereocenters. The molecule has 0 saturated heterocycles. The monoisotopic (exact) mass is 250 g/mol. The smallest absolute Gasteiger partial charge is 0.224 e. The predicted octanol–water partition coefficient (Wildman–Crippen LogP) is 1.23. The van der Waals surface area contributed by atoms with Crippen molar-refractivity contribution in [2.75, 3.05) is 19.8 Å². The largest absolute Gasteiger partial charge is 0.380 e. The fourth-order valence-electron chi connectivity index (χ4n) is 1.55. The molecule has 0 aliphatic carbocycles. The lowest BCUT2D eigenvalue weighted by Gasteiger charge is -2.06. The lowest BCUT2D eigenvalue weighted by Crippen LogP contribution is -2.28. The molecule has 1 aromatic rings. The number of hydrogen-bond acceptors (Lipinski definition) is 3. The summed E-state index contributed by atoms with van der Waals surface area (Å²) in [5.41, 5.74) is 7.59. The van der Waals surface area contributed by atoms with Crippen LogP contribution in [0.5, 0.6) is 0 Å². The van der Waals surface area contributed by atoms with Crippen LogP contribution in [0.2, 0.25) is 0 Å². The molecule has 1 rings (SSSR count). The molecule has 1 aromatic carbocycles. The average molecular weight is 250 g/mol. The van der Waals surface area contributed by atoms with Crippen molar-refractivity contribution in [1.82, 2.24) is 5.32 Å². The molecule has 4 nitrogen and oxygen atoms in total. The molecule has 0 unspecified atom stereocenters. The first kappa shape index (κ1) is 14.7. The van der Waals surface area contributed by atoms with Crippen LogP contribution in [0, 0.1) is 0 Å². The number of hydrogen-bond donors (Lipinski definition) is 2. The zero-order chi connectivity index (χ0) is 13.2. The number of carbonyl (C=O) groups is 1. The fraction of sp³-hybridized carbons (Fsp3) is 0.500. The van der Waals surface area contributed by atoms with E-state index in [-0.39, 0.29) is 5.91 Å². The summed E-state index contributed by atoms with van der Waals surface area (Å²) >= 11 is 0. The Balaban J connectivity index is 2.22. The van der Waals surface area contributed by atoms with Crippen LogP contribution in [-0.2, 0) is 22.5 Å². The zero-order valence-corrected chi connectivity index (χ0v) is 10.9. The lowest BCUT2D eigenvalue weighted by atomic mass is 10.1. The number of carbonyl (C=O) groups excluding carboxylic acids is 1. The Morgan fingerprint density at radius 1 is 1.22 bits per heavy atom. The zero-order valence-electron chi connectivity index (χ0n) is 10.9. The molecule has 0 bridgehead atoms. The highest BCUT2D eigenvalue weighted by molar-refractivity contribution is 5.78. The summed E-state index contributed by atoms with van der Waals surface area (Å²) < 4.78 is 5.29. The molecule has 100 valence electrons. The van der Waals surface area contributed by atoms with Crippen molar-refractivity contribution in [2.45, 2.75) is 26.3 Å². The summed E-state index contributed by atoms with van der Waals surface area (Å²) in [6.45, 7) is 4.48. The van der Waals surface area contributed by atoms with Crippen molar-refractivity contribution < 1.29 is 9.53 Å². The third-order valence-electron chi connectivity index (χ3n) is 2.54. The molecule has 0 aliphatic heterocycles. The maximum absolute atomic E-state index is 11.6. The van der Waals surface area contributed by atoms with Gasteiger partial charge >= 0.3 is 0 Å². The van der Waals surface area contributed by atoms with Crippen LogP contribution < -0.4 is 11.1 Å². The fourth-order valence-corrected chi connectivity index (χ4v) is 1.55. The quantitative estimate of drug-likeness (QED) is 0.682. The predicted molar refractivity (Wildman–Crippen MR) is 72.2 cm³/mol. The summed E-state index contributed by atoms with van der Waals surface area (Å²) in [6, 6.07) is 7.78. The number of rotatable bonds is 8. The normalized spacial score (nSPS) is 10.3. The lowest BCUT2D eigenvalue weighted by molar-refractivity contribution is -0.120. The van der Waals surface area contributed by atoms with E-state index in [4.69, 9.17) is 10.5 Å². The summed E-state index contributed by atoms with van der Waals surface area (Å²) in [5.74, 6) is 0.0237. The molecule has 0 fully saturated rings. The van der Waals surface area contributed by atoms with Gasteiger partial charge in [0, 0.05) is 19.7 Å². The summed E-state index contributed by atoms with van der Waals surface area (Å²) in [6.07, 6.45) is 1.40. The van der Waals surface area contributed by atoms with E-state index < -0.39 is 0 Å². The van der Waals surface area contributed by atoms with Gasteiger partial charge in [0.05, 0.1) is 13.0 Å². The van der Waals surface area contributed by atoms with Crippen molar-refractivity contribution >= 4 is 5.91 Å². The van der Waals surface area contributed by atoms with Gasteiger partial charge in [0.2, 0.25) is 5.91 Å². The number of amides is 1. The topological polar surface area (TPSA) is 64.3 Å². The number of benzene rings is 1. The van der Waals surface area contributed by atoms with Crippen LogP contribution in [-0.4, -0.2) is 25.7 Å². The maximum Gasteiger partial charge on any atom is 0.224 e. The Morgan fingerprint density at radius 3 is 2.50 bits per heavy atom. The number of ether oxygens (including phenoxy) is 1. The van der Waals surface area contributed by atoms with E-state index >= 15 is 0 Å². The molecule has 0 heterocycles. The Kier molecular flexibility index (Phi) is 7.06. The van der Waals surface area contributed by atoms with Gasteiger partial charge < -0.3 is 15.8 Å². The van der Waals surface area contributed by atoms with Crippen molar-refractivity contribution in [2.24, 2.45) is 5.73 Å². The molecule has 18 heavy (non-hydrogen) atoms. The highest BCUT2D eigenvalue weighted by atomic mass is 16.5. The van der Waals surface area contributed by atoms with Crippen molar-refractivity contribution in [3.8, 4) is 0 Å². The van der Waals surface area contributed by atoms with Gasteiger partial charge in [0.15, 0.2) is 0 Å². The highest BCUT2D eigenvalue weighted by Gasteiger charge is 2.02. The van der Waals surface area contributed by atoms with Crippen LogP contribution in [0.25, 0.3) is 0 Å². The maximum atomic E-state index is 11.6. The highest BCUT2D eigenvalue weighted by Crippen LogP contribution is 2.04. The minimum absolute atomic E-state index is 0.0237. The first-order valence-electron chi connectivity index (χ1n) is 6.38. The molecule has 0 radical (unpaired) electrons. The first-order valence-corrected chi connectivity index (χ1v) is 6.38. The van der Waals surface area contributed by atoms with E-state index in [9.17, 15) is 4.79 Å². The molecule has 0 aromatic heterocycles. The number of nitrogens with one attached hydrogen (secondary N) is 1. The van der Waals surface area contributed by atoms with E-state index in [1.807, 2.05) is 24.3 Å². The number of nitrogens with two attached hydrogens (primary N) is 1. The third kappa shape index (κ3) is 5.80. The van der Waals surface area contributed by atoms with Crippen molar-refractivity contribution in [1.29, 1.82) is 0 Å². The van der Waals surface area contributed by atoms with E-state index in [2.05, 4.69) is 12.2 Å². The van der Waals surface area contributed by atoms with Crippen LogP contribution >= 0.6 is 0 Å². The second kappa shape index (κ2) is 8.66. The van der Waals surface area contributed by atoms with E-state index in [1.54, 1.807) is 0 Å². The first-order chi connectivity index (χ1) is 8.76. The van der Waals surface area contributed by atoms with E-state index in [0.29, 0.717) is 26.1 Å². The summed E-state index contributed by atoms with van der Waals surface area (Å²) in [7, 11) is 0. The Labute approximate surface area is 109 Å². The summed E-state index contributed by atoms with van der Waals surface area (Å²) in [4.78, 5) is 11.6. The van der Waals surface area contributed by atoms with Gasteiger partial charge in [-0.2, -0.15) is 0 Å². The van der Waals surface area contributed by atoms with Gasteiger partial charge in [0.25, 0.3) is 0 Å². The molecule has 0 saturated carbocycles. The second-order valence-electron chi connectivity index (χ2n) is 4.16. The van der Waals surface area contributed by atoms with Crippen LogP contribution in [0.1, 0.15) is 24.5 Å². The standard InChI is InChI=1S/C14H22N2O2/c1-2-8-18-9-7-16-14(17)10-12-3-5-13(11-15)6-4-12/h3-6H,2,7-11,15H2,1H3,(H,16,17). The molecule has 0 spiro atoms. The summed E-state index contributed by atoms with van der Waals surface area (Å²) in [5, 5.41) is 2.83. The second-order valence-corrected chi connectivity index (χ2v) is 4.16. The minimum atomic E-state index is 0.0237. The van der Waals surface area contributed by atoms with Crippen molar-refractivity contribution in [3.05, 3.63) is 35.4 Å². The van der Waals surface area contributed by atoms with E-state index in [1.165, 1.54) is 0 Å². The Morgan fingerprint density at radius 2 is 1.89 bits per heavy atom. The Bertz CT molecular complexity index is 349. The molecule has 4 heteroatoms. The van der Waals surface area contributed by atoms with Crippen LogP contribution in [0.15, 0.2) is 24.3 Å². The molecule has 0 aliphatic rings. The SMILES string of the molecule is CCCOCCNC(=O)Cc1ccc(CN)cc1. The third-order valence-corrected chi connectivity index (χ3v) is 2.54. The van der Waals surface area contributed by atoms with Crippen LogP contribution in [0.4, 0.5) is 0 Å². The van der Waals surface area contributed by atoms with Gasteiger partial charge in [-0.25, -0.2) is 0 Å². The molecular weight excluding hydrogens is 228 g/mol. The van der Waals surface area contributed by atoms with Crippen molar-refractivity contribution in [3.63, 3.8) is 0 Å². The van der Waals surface area contributed by atoms with Crippen LogP contribution in [0.3, 0.4) is 0 Å². The molecule has 3 N–H and O–H groups in total. The van der Waals surface area contributed by atoms with E-state index in [0.717, 1.165) is 24.2 Å². The van der Waals surface area contributed by atoms with Gasteiger partial charge in [-0.3, -0.25) is 4.79 Å². The van der Waals surface area contributed by atoms with Gasteiger partial charge in [-0.15, -0.1) is 0 Å². The van der Waals surface area contributed by atoms with Gasteiger partial charge in [0.1, 0.15) is 0 Å². The van der Waals surface area contributed by atoms with Gasteiger partial charge in [-0.05, 0) is 17.5 Å². The molecular formula is C14H22N2O2. The minimum Gasteiger partial charge on any atom is -0.380 e.